The summed E-state index contributed by atoms with van der Waals surface area (Å²) in [7, 11) is 0. The Hall–Kier alpha value is -0.290. The molecule has 0 heterocycles. The van der Waals surface area contributed by atoms with Gasteiger partial charge in [0.2, 0.25) is 0 Å². The lowest BCUT2D eigenvalue weighted by Gasteiger charge is -2.13. The smallest absolute Gasteiger partial charge is 0.321 e. The molecule has 1 aromatic carbocycles. The van der Waals surface area contributed by atoms with E-state index in [0.29, 0.717) is 5.69 Å². The largest absolute Gasteiger partial charge is 0.394 e. The molecule has 0 aliphatic carbocycles. The van der Waals surface area contributed by atoms with E-state index < -0.39 is 13.5 Å². The summed E-state index contributed by atoms with van der Waals surface area (Å²) >= 11 is -0.279. The highest BCUT2D eigenvalue weighted by atomic mass is 33.1. The summed E-state index contributed by atoms with van der Waals surface area (Å²) < 4.78 is 21.8. The molecule has 1 atom stereocenters. The van der Waals surface area contributed by atoms with Crippen LogP contribution in [-0.2, 0) is 9.13 Å². The molecule has 1 rings (SSSR count). The monoisotopic (exact) mass is 269 g/mol. The fraction of sp³-hybridized carbons (Fsp3) is 0. The lowest BCUT2D eigenvalue weighted by molar-refractivity contribution is 0.397. The topological polar surface area (TPSA) is 107 Å². The summed E-state index contributed by atoms with van der Waals surface area (Å²) in [4.78, 5) is 26.3. The van der Waals surface area contributed by atoms with E-state index in [4.69, 9.17) is 9.79 Å². The highest BCUT2D eigenvalue weighted by Crippen LogP contribution is 2.71. The fourth-order valence-electron chi connectivity index (χ4n) is 0.840. The highest BCUT2D eigenvalue weighted by molar-refractivity contribution is 8.85. The van der Waals surface area contributed by atoms with E-state index >= 15 is 0 Å². The molecule has 84 valence electrons. The van der Waals surface area contributed by atoms with Gasteiger partial charge in [0.05, 0.1) is 11.0 Å². The van der Waals surface area contributed by atoms with Crippen LogP contribution < -0.4 is 5.09 Å². The zero-order valence-electron chi connectivity index (χ0n) is 7.35. The molecule has 0 amide bonds. The molecule has 0 aliphatic heterocycles. The van der Waals surface area contributed by atoms with Crippen molar-refractivity contribution in [2.75, 3.05) is 5.09 Å². The number of benzene rings is 1. The van der Waals surface area contributed by atoms with E-state index in [1.807, 2.05) is 0 Å². The van der Waals surface area contributed by atoms with Crippen molar-refractivity contribution in [3.63, 3.8) is 0 Å². The summed E-state index contributed by atoms with van der Waals surface area (Å²) in [6.45, 7) is -8.72. The second-order valence-electron chi connectivity index (χ2n) is 2.57. The van der Waals surface area contributed by atoms with E-state index in [0.717, 1.165) is 0 Å². The van der Waals surface area contributed by atoms with Crippen LogP contribution in [0.5, 0.6) is 0 Å². The molecule has 6 nitrogen and oxygen atoms in total. The Morgan fingerprint density at radius 3 is 2.07 bits per heavy atom. The van der Waals surface area contributed by atoms with E-state index in [-0.39, 0.29) is 11.0 Å². The third-order valence-electron chi connectivity index (χ3n) is 1.26. The first-order valence-electron chi connectivity index (χ1n) is 3.71. The lowest BCUT2D eigenvalue weighted by Crippen LogP contribution is -1.92. The van der Waals surface area contributed by atoms with Gasteiger partial charge in [-0.3, -0.25) is 4.57 Å². The molecule has 0 radical (unpaired) electrons. The maximum atomic E-state index is 11.3. The molecular weight excluding hydrogens is 260 g/mol. The minimum Gasteiger partial charge on any atom is -0.321 e. The van der Waals surface area contributed by atoms with E-state index in [1.165, 1.54) is 12.1 Å². The molecule has 4 N–H and O–H groups in total. The Morgan fingerprint density at radius 1 is 1.07 bits per heavy atom. The molecule has 1 unspecified atom stereocenters. The van der Waals surface area contributed by atoms with Crippen LogP contribution in [0.1, 0.15) is 0 Å². The Kier molecular flexibility index (Phi) is 4.00. The minimum atomic E-state index is -4.58. The van der Waals surface area contributed by atoms with Gasteiger partial charge in [-0.15, -0.1) is 0 Å². The average molecular weight is 269 g/mol. The van der Waals surface area contributed by atoms with Gasteiger partial charge in [0.15, 0.2) is 0 Å². The van der Waals surface area contributed by atoms with Gasteiger partial charge < -0.3 is 19.8 Å². The van der Waals surface area contributed by atoms with E-state index in [1.54, 1.807) is 18.2 Å². The molecule has 0 aliphatic rings. The summed E-state index contributed by atoms with van der Waals surface area (Å²) in [6.07, 6.45) is 0. The maximum Gasteiger partial charge on any atom is 0.394 e. The summed E-state index contributed by atoms with van der Waals surface area (Å²) in [6, 6.07) is 8.00. The quantitative estimate of drug-likeness (QED) is 0.619. The second kappa shape index (κ2) is 4.70. The predicted molar refractivity (Wildman–Crippen MR) is 59.5 cm³/mol. The number of anilines is 1. The van der Waals surface area contributed by atoms with Gasteiger partial charge in [-0.25, -0.2) is 4.57 Å². The number of nitrogens with one attached hydrogen (secondary N) is 1. The van der Waals surface area contributed by atoms with Crippen molar-refractivity contribution in [3.05, 3.63) is 30.3 Å². The second-order valence-corrected chi connectivity index (χ2v) is 9.85. The number of hydrogen-bond donors (Lipinski definition) is 4. The fourth-order valence-corrected chi connectivity index (χ4v) is 5.91. The zero-order valence-corrected chi connectivity index (χ0v) is 9.95. The maximum absolute atomic E-state index is 11.3. The molecule has 9 heteroatoms. The van der Waals surface area contributed by atoms with Crippen LogP contribution in [0, 0.1) is 0 Å². The molecule has 0 aromatic heterocycles. The first kappa shape index (κ1) is 12.8. The standard InChI is InChI=1S/C6H9NO5P2S/c8-13(9,15-14(10,11)12)7-6-4-2-1-3-5-6/h1-5H,(H2,7,8,9)(H2,10,11,12). The lowest BCUT2D eigenvalue weighted by atomic mass is 10.3. The van der Waals surface area contributed by atoms with Crippen LogP contribution in [-0.4, -0.2) is 14.7 Å². The van der Waals surface area contributed by atoms with Crippen molar-refractivity contribution < 1.29 is 23.8 Å². The predicted octanol–water partition coefficient (Wildman–Crippen LogP) is 2.02. The number of hydrogen-bond acceptors (Lipinski definition) is 3. The van der Waals surface area contributed by atoms with Gasteiger partial charge in [0, 0.05) is 5.69 Å². The summed E-state index contributed by atoms with van der Waals surface area (Å²) in [5.41, 5.74) is 0.323. The summed E-state index contributed by atoms with van der Waals surface area (Å²) in [5, 5.41) is 2.16. The first-order valence-corrected chi connectivity index (χ1v) is 9.01. The van der Waals surface area contributed by atoms with Crippen LogP contribution in [0.15, 0.2) is 30.3 Å². The van der Waals surface area contributed by atoms with Gasteiger partial charge in [0.1, 0.15) is 0 Å². The van der Waals surface area contributed by atoms with Crippen LogP contribution in [0.4, 0.5) is 5.69 Å². The van der Waals surface area contributed by atoms with Crippen LogP contribution in [0.25, 0.3) is 0 Å². The van der Waals surface area contributed by atoms with E-state index in [9.17, 15) is 14.0 Å². The molecule has 1 aromatic rings. The number of rotatable bonds is 4. The van der Waals surface area contributed by atoms with Crippen molar-refractivity contribution in [1.29, 1.82) is 0 Å². The number of para-hydroxylation sites is 1. The third kappa shape index (κ3) is 5.37. The minimum absolute atomic E-state index is 0.279. The Morgan fingerprint density at radius 2 is 1.60 bits per heavy atom. The molecule has 0 saturated heterocycles. The van der Waals surface area contributed by atoms with Crippen LogP contribution in [0.3, 0.4) is 0 Å². The van der Waals surface area contributed by atoms with Crippen molar-refractivity contribution in [1.82, 2.24) is 0 Å². The normalized spacial score (nSPS) is 15.7. The summed E-state index contributed by atoms with van der Waals surface area (Å²) in [5.74, 6) is 0. The Bertz CT molecular complexity index is 419. The first-order chi connectivity index (χ1) is 6.79. The van der Waals surface area contributed by atoms with Crippen molar-refractivity contribution in [2.24, 2.45) is 0 Å². The molecule has 15 heavy (non-hydrogen) atoms. The van der Waals surface area contributed by atoms with Gasteiger partial charge in [-0.2, -0.15) is 0 Å². The molecular formula is C6H9NO5P2S. The highest BCUT2D eigenvalue weighted by Gasteiger charge is 2.31. The van der Waals surface area contributed by atoms with Crippen molar-refractivity contribution >= 4 is 30.2 Å². The third-order valence-corrected chi connectivity index (χ3v) is 7.72. The zero-order chi connectivity index (χ0) is 11.5. The van der Waals surface area contributed by atoms with Gasteiger partial charge in [-0.05, 0) is 12.1 Å². The van der Waals surface area contributed by atoms with Gasteiger partial charge in [-0.1, -0.05) is 18.2 Å². The van der Waals surface area contributed by atoms with Gasteiger partial charge in [0.25, 0.3) is 0 Å². The van der Waals surface area contributed by atoms with Crippen molar-refractivity contribution in [3.8, 4) is 0 Å². The average Bonchev–Trinajstić information content (AvgIpc) is 1.99. The molecule has 0 bridgehead atoms. The Labute approximate surface area is 89.9 Å². The van der Waals surface area contributed by atoms with E-state index in [2.05, 4.69) is 5.09 Å². The van der Waals surface area contributed by atoms with Gasteiger partial charge >= 0.3 is 13.5 Å². The van der Waals surface area contributed by atoms with Crippen molar-refractivity contribution in [2.45, 2.75) is 0 Å². The van der Waals surface area contributed by atoms with Crippen LogP contribution in [0.2, 0.25) is 0 Å². The molecule has 0 saturated carbocycles. The van der Waals surface area contributed by atoms with Crippen LogP contribution >= 0.6 is 24.5 Å². The molecule has 0 fully saturated rings. The molecule has 0 spiro atoms. The Balaban J connectivity index is 2.74. The SMILES string of the molecule is O=P(O)(O)SP(=O)(O)Nc1ccccc1.